The van der Waals surface area contributed by atoms with E-state index >= 15 is 0 Å². The number of hydrogen-bond donors (Lipinski definition) is 0. The fourth-order valence-corrected chi connectivity index (χ4v) is 10.4. The summed E-state index contributed by atoms with van der Waals surface area (Å²) in [7, 11) is -1.85. The number of rotatable bonds is 6. The van der Waals surface area contributed by atoms with Crippen LogP contribution in [0.3, 0.4) is 0 Å². The van der Waals surface area contributed by atoms with Crippen LogP contribution >= 0.6 is 19.0 Å². The Kier molecular flexibility index (Phi) is 8.06. The first-order valence-corrected chi connectivity index (χ1v) is 15.0. The molecular weight excluding hydrogens is 527 g/mol. The van der Waals surface area contributed by atoms with Crippen molar-refractivity contribution in [3.8, 4) is 0 Å². The Balaban J connectivity index is 0.00000289. The zero-order chi connectivity index (χ0) is 23.6. The van der Waals surface area contributed by atoms with Crippen molar-refractivity contribution in [3.05, 3.63) is 126 Å². The summed E-state index contributed by atoms with van der Waals surface area (Å²) in [5, 5.41) is 4.30. The molecule has 35 heavy (non-hydrogen) atoms. The first-order chi connectivity index (χ1) is 16.5. The van der Waals surface area contributed by atoms with Crippen LogP contribution in [0.5, 0.6) is 0 Å². The molecule has 4 aromatic carbocycles. The standard InChI is InChI=1S/C32H32PS.BrH/c1-25(26-19-20-31-30(23-26)32(2,3)24-34-31)21-22-33(27-13-7-4-8-14-27,28-15-9-5-10-16-28)29-17-11-6-12-18-29;/h4-21,23H,22,24H2,1-3H3;1H/q+1;/p-1/b25-21+;. The maximum Gasteiger partial charge on any atom is 0.115 e. The van der Waals surface area contributed by atoms with Gasteiger partial charge in [-0.25, -0.2) is 0 Å². The zero-order valence-corrected chi connectivity index (χ0v) is 23.9. The van der Waals surface area contributed by atoms with Gasteiger partial charge in [0, 0.05) is 16.1 Å². The van der Waals surface area contributed by atoms with Crippen LogP contribution in [0.25, 0.3) is 5.57 Å². The van der Waals surface area contributed by atoms with Crippen molar-refractivity contribution in [2.24, 2.45) is 0 Å². The van der Waals surface area contributed by atoms with Gasteiger partial charge in [0.25, 0.3) is 0 Å². The largest absolute Gasteiger partial charge is 1.00 e. The summed E-state index contributed by atoms with van der Waals surface area (Å²) in [6.07, 6.45) is 3.50. The lowest BCUT2D eigenvalue weighted by molar-refractivity contribution is -0.00000693. The highest BCUT2D eigenvalue weighted by molar-refractivity contribution is 7.99. The van der Waals surface area contributed by atoms with E-state index < -0.39 is 7.26 Å². The van der Waals surface area contributed by atoms with Crippen LogP contribution in [-0.2, 0) is 5.41 Å². The second-order valence-corrected chi connectivity index (χ2v) is 14.3. The predicted molar refractivity (Wildman–Crippen MR) is 154 cm³/mol. The van der Waals surface area contributed by atoms with E-state index in [1.54, 1.807) is 0 Å². The van der Waals surface area contributed by atoms with Crippen LogP contribution in [0.2, 0.25) is 0 Å². The van der Waals surface area contributed by atoms with Crippen molar-refractivity contribution in [3.63, 3.8) is 0 Å². The molecule has 0 atom stereocenters. The summed E-state index contributed by atoms with van der Waals surface area (Å²) in [6.45, 7) is 7.02. The number of halogens is 1. The summed E-state index contributed by atoms with van der Waals surface area (Å²) in [6, 6.07) is 40.5. The highest BCUT2D eigenvalue weighted by Gasteiger charge is 2.44. The normalized spacial score (nSPS) is 14.8. The van der Waals surface area contributed by atoms with E-state index in [9.17, 15) is 0 Å². The SMILES string of the molecule is C/C(=C\C[P+](c1ccccc1)(c1ccccc1)c1ccccc1)c1ccc2c(c1)C(C)(C)CS2.[Br-]. The van der Waals surface area contributed by atoms with E-state index in [2.05, 4.69) is 136 Å². The molecule has 0 saturated carbocycles. The van der Waals surface area contributed by atoms with E-state index in [0.717, 1.165) is 6.16 Å². The third-order valence-electron chi connectivity index (χ3n) is 7.01. The maximum atomic E-state index is 2.50. The lowest BCUT2D eigenvalue weighted by Crippen LogP contribution is -3.00. The molecule has 0 unspecified atom stereocenters. The first-order valence-electron chi connectivity index (χ1n) is 12.0. The summed E-state index contributed by atoms with van der Waals surface area (Å²) in [5.74, 6) is 1.17. The summed E-state index contributed by atoms with van der Waals surface area (Å²) in [4.78, 5) is 1.45. The minimum atomic E-state index is -1.85. The van der Waals surface area contributed by atoms with E-state index in [-0.39, 0.29) is 22.4 Å². The topological polar surface area (TPSA) is 0 Å². The Bertz CT molecular complexity index is 1200. The molecule has 1 aliphatic rings. The molecule has 0 nitrogen and oxygen atoms in total. The highest BCUT2D eigenvalue weighted by atomic mass is 79.9. The van der Waals surface area contributed by atoms with E-state index in [4.69, 9.17) is 0 Å². The highest BCUT2D eigenvalue weighted by Crippen LogP contribution is 2.55. The molecule has 0 aliphatic carbocycles. The minimum absolute atomic E-state index is 0. The van der Waals surface area contributed by atoms with Crippen molar-refractivity contribution in [2.45, 2.75) is 31.1 Å². The Labute approximate surface area is 226 Å². The van der Waals surface area contributed by atoms with Crippen molar-refractivity contribution >= 4 is 40.5 Å². The van der Waals surface area contributed by atoms with E-state index in [0.29, 0.717) is 0 Å². The maximum absolute atomic E-state index is 2.50. The molecule has 1 aliphatic heterocycles. The number of thioether (sulfide) groups is 1. The monoisotopic (exact) mass is 558 g/mol. The van der Waals surface area contributed by atoms with Crippen LogP contribution < -0.4 is 32.9 Å². The van der Waals surface area contributed by atoms with Gasteiger partial charge in [-0.2, -0.15) is 0 Å². The molecule has 0 fully saturated rings. The predicted octanol–water partition coefficient (Wildman–Crippen LogP) is 4.47. The Hall–Kier alpha value is -2.12. The summed E-state index contributed by atoms with van der Waals surface area (Å²) in [5.41, 5.74) is 4.45. The first kappa shape index (κ1) is 26.0. The third-order valence-corrected chi connectivity index (χ3v) is 12.8. The fourth-order valence-electron chi connectivity index (χ4n) is 4.97. The van der Waals surface area contributed by atoms with Gasteiger partial charge >= 0.3 is 0 Å². The van der Waals surface area contributed by atoms with Gasteiger partial charge in [-0.15, -0.1) is 11.8 Å². The van der Waals surface area contributed by atoms with Crippen molar-refractivity contribution < 1.29 is 17.0 Å². The van der Waals surface area contributed by atoms with Gasteiger partial charge in [0.1, 0.15) is 23.2 Å². The van der Waals surface area contributed by atoms with Crippen LogP contribution in [0.4, 0.5) is 0 Å². The molecule has 0 aromatic heterocycles. The van der Waals surface area contributed by atoms with Crippen LogP contribution in [0.1, 0.15) is 31.9 Å². The number of allylic oxidation sites excluding steroid dienone is 2. The average Bonchev–Trinajstić information content (AvgIpc) is 3.20. The van der Waals surface area contributed by atoms with Crippen LogP contribution in [0, 0.1) is 0 Å². The third kappa shape index (κ3) is 5.08. The lowest BCUT2D eigenvalue weighted by atomic mass is 9.85. The second-order valence-electron chi connectivity index (χ2n) is 9.77. The Morgan fingerprint density at radius 3 is 1.74 bits per heavy atom. The number of hydrogen-bond acceptors (Lipinski definition) is 1. The van der Waals surface area contributed by atoms with Crippen molar-refractivity contribution in [1.82, 2.24) is 0 Å². The molecule has 0 spiro atoms. The summed E-state index contributed by atoms with van der Waals surface area (Å²) < 4.78 is 0. The van der Waals surface area contributed by atoms with E-state index in [1.165, 1.54) is 43.3 Å². The minimum Gasteiger partial charge on any atom is -1.00 e. The zero-order valence-electron chi connectivity index (χ0n) is 20.6. The molecule has 1 heterocycles. The Morgan fingerprint density at radius 1 is 0.771 bits per heavy atom. The molecule has 0 radical (unpaired) electrons. The quantitative estimate of drug-likeness (QED) is 0.315. The van der Waals surface area contributed by atoms with Crippen molar-refractivity contribution in [2.75, 3.05) is 11.9 Å². The van der Waals surface area contributed by atoms with Gasteiger partial charge in [-0.05, 0) is 78.2 Å². The van der Waals surface area contributed by atoms with Gasteiger partial charge in [-0.1, -0.05) is 74.5 Å². The van der Waals surface area contributed by atoms with E-state index in [1.807, 2.05) is 11.8 Å². The fraction of sp³-hybridized carbons (Fsp3) is 0.188. The smallest absolute Gasteiger partial charge is 0.115 e. The average molecular weight is 560 g/mol. The summed E-state index contributed by atoms with van der Waals surface area (Å²) >= 11 is 1.99. The van der Waals surface area contributed by atoms with Crippen molar-refractivity contribution in [1.29, 1.82) is 0 Å². The number of benzene rings is 4. The molecule has 0 saturated heterocycles. The van der Waals surface area contributed by atoms with Gasteiger partial charge in [0.15, 0.2) is 0 Å². The van der Waals surface area contributed by atoms with Crippen LogP contribution in [0.15, 0.2) is 120 Å². The lowest BCUT2D eigenvalue weighted by Gasteiger charge is -2.27. The molecular formula is C32H32BrPS. The van der Waals surface area contributed by atoms with Gasteiger partial charge in [0.2, 0.25) is 0 Å². The molecule has 0 bridgehead atoms. The molecule has 5 rings (SSSR count). The van der Waals surface area contributed by atoms with Gasteiger partial charge < -0.3 is 17.0 Å². The van der Waals surface area contributed by atoms with Gasteiger partial charge in [0.05, 0.1) is 6.16 Å². The molecule has 0 amide bonds. The van der Waals surface area contributed by atoms with Gasteiger partial charge in [-0.3, -0.25) is 0 Å². The Morgan fingerprint density at radius 2 is 1.26 bits per heavy atom. The van der Waals surface area contributed by atoms with Crippen LogP contribution in [-0.4, -0.2) is 11.9 Å². The molecule has 3 heteroatoms. The molecule has 178 valence electrons. The molecule has 0 N–H and O–H groups in total. The number of fused-ring (bicyclic) bond motifs is 1. The second kappa shape index (κ2) is 10.9. The molecule has 4 aromatic rings.